The number of hydrogen-bond acceptors (Lipinski definition) is 6. The zero-order valence-electron chi connectivity index (χ0n) is 11.6. The second-order valence-electron chi connectivity index (χ2n) is 4.26. The largest absolute Gasteiger partial charge is 0.423 e. The van der Waals surface area contributed by atoms with Crippen molar-refractivity contribution in [1.82, 2.24) is 20.4 Å². The third kappa shape index (κ3) is 2.82. The highest BCUT2D eigenvalue weighted by molar-refractivity contribution is 7.15. The molecule has 8 nitrogen and oxygen atoms in total. The first-order valence-corrected chi connectivity index (χ1v) is 7.19. The molecule has 1 aromatic heterocycles. The number of carbonyl (C=O) groups excluding carboxylic acids is 2. The maximum absolute atomic E-state index is 12.1. The van der Waals surface area contributed by atoms with E-state index in [4.69, 9.17) is 4.74 Å². The summed E-state index contributed by atoms with van der Waals surface area (Å²) in [4.78, 5) is 26.5. The zero-order chi connectivity index (χ0) is 14.7. The second-order valence-corrected chi connectivity index (χ2v) is 5.30. The molecule has 0 aliphatic carbocycles. The van der Waals surface area contributed by atoms with Gasteiger partial charge in [-0.2, -0.15) is 0 Å². The van der Waals surface area contributed by atoms with Gasteiger partial charge in [0.2, 0.25) is 11.4 Å². The molecule has 1 N–H and O–H groups in total. The summed E-state index contributed by atoms with van der Waals surface area (Å²) in [6.45, 7) is 4.53. The van der Waals surface area contributed by atoms with Gasteiger partial charge in [0, 0.05) is 13.6 Å². The first-order chi connectivity index (χ1) is 9.56. The second kappa shape index (κ2) is 6.04. The van der Waals surface area contributed by atoms with E-state index in [2.05, 4.69) is 15.5 Å². The van der Waals surface area contributed by atoms with Crippen LogP contribution in [0, 0.1) is 0 Å². The highest BCUT2D eigenvalue weighted by atomic mass is 32.1. The number of nitrogens with one attached hydrogen (secondary N) is 1. The van der Waals surface area contributed by atoms with Crippen LogP contribution in [0.4, 0.5) is 14.7 Å². The van der Waals surface area contributed by atoms with E-state index >= 15 is 0 Å². The molecule has 1 unspecified atom stereocenters. The molecule has 1 aliphatic heterocycles. The van der Waals surface area contributed by atoms with Gasteiger partial charge >= 0.3 is 12.1 Å². The molecule has 0 saturated carbocycles. The summed E-state index contributed by atoms with van der Waals surface area (Å²) >= 11 is 1.32. The van der Waals surface area contributed by atoms with E-state index in [1.165, 1.54) is 21.1 Å². The van der Waals surface area contributed by atoms with Gasteiger partial charge in [0.25, 0.3) is 0 Å². The van der Waals surface area contributed by atoms with Gasteiger partial charge in [-0.3, -0.25) is 0 Å². The van der Waals surface area contributed by atoms with Crippen LogP contribution < -0.4 is 10.2 Å². The molecule has 2 heterocycles. The smallest absolute Gasteiger partial charge is 0.409 e. The summed E-state index contributed by atoms with van der Waals surface area (Å²) in [5, 5.41) is 11.8. The third-order valence-electron chi connectivity index (χ3n) is 2.78. The Hall–Kier alpha value is -1.90. The van der Waals surface area contributed by atoms with E-state index in [1.807, 2.05) is 6.92 Å². The zero-order valence-corrected chi connectivity index (χ0v) is 12.4. The predicted octanol–water partition coefficient (Wildman–Crippen LogP) is 1.04. The van der Waals surface area contributed by atoms with Crippen molar-refractivity contribution in [3.8, 4) is 0 Å². The molecule has 0 spiro atoms. The fourth-order valence-corrected chi connectivity index (χ4v) is 2.60. The maximum Gasteiger partial charge on any atom is 0.409 e. The Bertz CT molecular complexity index is 506. The number of carbonyl (C=O) groups is 2. The fraction of sp³-hybridized carbons (Fsp3) is 0.636. The van der Waals surface area contributed by atoms with E-state index in [9.17, 15) is 9.59 Å². The lowest BCUT2D eigenvalue weighted by molar-refractivity contribution is 0.103. The molecule has 1 saturated heterocycles. The lowest BCUT2D eigenvalue weighted by Gasteiger charge is -2.19. The van der Waals surface area contributed by atoms with Crippen LogP contribution in [0.1, 0.15) is 18.9 Å². The van der Waals surface area contributed by atoms with E-state index in [-0.39, 0.29) is 6.03 Å². The Kier molecular flexibility index (Phi) is 4.38. The molecule has 110 valence electrons. The predicted molar refractivity (Wildman–Crippen MR) is 73.7 cm³/mol. The topological polar surface area (TPSA) is 87.7 Å². The molecule has 20 heavy (non-hydrogen) atoms. The number of ether oxygens (including phenoxy) is 1. The van der Waals surface area contributed by atoms with Crippen LogP contribution in [-0.2, 0) is 11.2 Å². The molecular formula is C11H17N5O3S. The number of rotatable bonds is 4. The number of alkyl carbamates (subject to hydrolysis) is 1. The number of nitrogens with zero attached hydrogens (tertiary/aromatic N) is 4. The molecule has 1 aliphatic rings. The molecule has 0 radical (unpaired) electrons. The number of anilines is 1. The minimum Gasteiger partial charge on any atom is -0.423 e. The van der Waals surface area contributed by atoms with Crippen molar-refractivity contribution >= 4 is 28.6 Å². The molecule has 3 amide bonds. The Balaban J connectivity index is 2.17. The SMILES string of the molecule is CCNC(=O)OC1CN(C)C(=O)N1c1nnc(CC)s1. The molecule has 0 aromatic carbocycles. The number of urea groups is 1. The molecule has 1 aromatic rings. The van der Waals surface area contributed by atoms with Gasteiger partial charge < -0.3 is 15.0 Å². The van der Waals surface area contributed by atoms with Crippen molar-refractivity contribution in [3.63, 3.8) is 0 Å². The monoisotopic (exact) mass is 299 g/mol. The number of aryl methyl sites for hydroxylation is 1. The molecule has 2 rings (SSSR count). The lowest BCUT2D eigenvalue weighted by atomic mass is 10.5. The van der Waals surface area contributed by atoms with Crippen molar-refractivity contribution in [2.45, 2.75) is 26.5 Å². The summed E-state index contributed by atoms with van der Waals surface area (Å²) in [5.41, 5.74) is 0. The first kappa shape index (κ1) is 14.5. The highest BCUT2D eigenvalue weighted by Crippen LogP contribution is 2.28. The van der Waals surface area contributed by atoms with Gasteiger partial charge in [0.15, 0.2) is 0 Å². The molecule has 1 fully saturated rings. The summed E-state index contributed by atoms with van der Waals surface area (Å²) in [7, 11) is 1.65. The van der Waals surface area contributed by atoms with Gasteiger partial charge in [-0.05, 0) is 13.3 Å². The minimum atomic E-state index is -0.684. The molecular weight excluding hydrogens is 282 g/mol. The summed E-state index contributed by atoms with van der Waals surface area (Å²) < 4.78 is 5.25. The van der Waals surface area contributed by atoms with E-state index in [0.29, 0.717) is 18.2 Å². The Morgan fingerprint density at radius 2 is 2.25 bits per heavy atom. The van der Waals surface area contributed by atoms with E-state index < -0.39 is 12.3 Å². The van der Waals surface area contributed by atoms with Crippen LogP contribution in [0.25, 0.3) is 0 Å². The Labute approximate surface area is 120 Å². The maximum atomic E-state index is 12.1. The van der Waals surface area contributed by atoms with Crippen molar-refractivity contribution in [2.24, 2.45) is 0 Å². The van der Waals surface area contributed by atoms with Gasteiger partial charge in [0.05, 0.1) is 6.54 Å². The van der Waals surface area contributed by atoms with Crippen molar-refractivity contribution in [2.75, 3.05) is 25.0 Å². The van der Waals surface area contributed by atoms with Crippen molar-refractivity contribution in [1.29, 1.82) is 0 Å². The number of likely N-dealkylation sites (N-methyl/N-ethyl adjacent to an activating group) is 1. The average Bonchev–Trinajstić information content (AvgIpc) is 2.96. The van der Waals surface area contributed by atoms with Crippen LogP contribution in [0.3, 0.4) is 0 Å². The van der Waals surface area contributed by atoms with Gasteiger partial charge in [0.1, 0.15) is 5.01 Å². The molecule has 9 heteroatoms. The van der Waals surface area contributed by atoms with Crippen LogP contribution in [0.2, 0.25) is 0 Å². The number of amides is 3. The van der Waals surface area contributed by atoms with E-state index in [1.54, 1.807) is 14.0 Å². The van der Waals surface area contributed by atoms with Crippen LogP contribution in [0.15, 0.2) is 0 Å². The van der Waals surface area contributed by atoms with Crippen LogP contribution >= 0.6 is 11.3 Å². The average molecular weight is 299 g/mol. The molecule has 1 atom stereocenters. The van der Waals surface area contributed by atoms with Crippen molar-refractivity contribution < 1.29 is 14.3 Å². The summed E-state index contributed by atoms with van der Waals surface area (Å²) in [5.74, 6) is 0. The summed E-state index contributed by atoms with van der Waals surface area (Å²) in [6.07, 6.45) is -0.486. The van der Waals surface area contributed by atoms with E-state index in [0.717, 1.165) is 11.4 Å². The Morgan fingerprint density at radius 1 is 1.50 bits per heavy atom. The van der Waals surface area contributed by atoms with Gasteiger partial charge in [-0.25, -0.2) is 14.5 Å². The number of aromatic nitrogens is 2. The minimum absolute atomic E-state index is 0.252. The standard InChI is InChI=1S/C11H17N5O3S/c1-4-7-13-14-9(20-7)16-8(6-15(3)11(16)18)19-10(17)12-5-2/h8H,4-6H2,1-3H3,(H,12,17). The highest BCUT2D eigenvalue weighted by Gasteiger charge is 2.40. The van der Waals surface area contributed by atoms with Gasteiger partial charge in [-0.1, -0.05) is 18.3 Å². The third-order valence-corrected chi connectivity index (χ3v) is 3.85. The van der Waals surface area contributed by atoms with Crippen LogP contribution in [0.5, 0.6) is 0 Å². The van der Waals surface area contributed by atoms with Gasteiger partial charge in [-0.15, -0.1) is 10.2 Å². The fourth-order valence-electron chi connectivity index (χ4n) is 1.79. The number of hydrogen-bond donors (Lipinski definition) is 1. The Morgan fingerprint density at radius 3 is 2.85 bits per heavy atom. The quantitative estimate of drug-likeness (QED) is 0.897. The lowest BCUT2D eigenvalue weighted by Crippen LogP contribution is -2.40. The first-order valence-electron chi connectivity index (χ1n) is 6.38. The van der Waals surface area contributed by atoms with Crippen molar-refractivity contribution in [3.05, 3.63) is 5.01 Å². The normalized spacial score (nSPS) is 18.6. The molecule has 0 bridgehead atoms. The van der Waals surface area contributed by atoms with Crippen LogP contribution in [-0.4, -0.2) is 53.6 Å². The summed E-state index contributed by atoms with van der Waals surface area (Å²) in [6, 6.07) is -0.252.